The van der Waals surface area contributed by atoms with E-state index >= 15 is 0 Å². The van der Waals surface area contributed by atoms with Gasteiger partial charge in [0.05, 0.1) is 12.0 Å². The van der Waals surface area contributed by atoms with Crippen molar-refractivity contribution in [3.8, 4) is 11.5 Å². The number of nitrogens with one attached hydrogen (secondary N) is 1. The lowest BCUT2D eigenvalue weighted by molar-refractivity contribution is 0.103. The molecule has 134 valence electrons. The van der Waals surface area contributed by atoms with Crippen LogP contribution >= 0.6 is 11.3 Å². The molecule has 0 aliphatic carbocycles. The molecule has 1 amide bonds. The molecule has 0 radical (unpaired) electrons. The number of methoxy groups -OCH3 is 1. The van der Waals surface area contributed by atoms with Gasteiger partial charge in [-0.3, -0.25) is 4.79 Å². The van der Waals surface area contributed by atoms with Crippen LogP contribution < -0.4 is 14.8 Å². The number of aryl methyl sites for hydroxylation is 1. The van der Waals surface area contributed by atoms with Crippen molar-refractivity contribution < 1.29 is 14.3 Å². The van der Waals surface area contributed by atoms with E-state index in [2.05, 4.69) is 5.32 Å². The van der Waals surface area contributed by atoms with Gasteiger partial charge in [-0.05, 0) is 54.6 Å². The topological polar surface area (TPSA) is 47.6 Å². The van der Waals surface area contributed by atoms with Crippen LogP contribution in [0.25, 0.3) is 0 Å². The molecule has 0 bridgehead atoms. The zero-order valence-corrected chi connectivity index (χ0v) is 15.9. The number of amides is 1. The van der Waals surface area contributed by atoms with Crippen molar-refractivity contribution in [3.05, 3.63) is 75.5 Å². The standard InChI is InChI=1S/C21H21NO3S/c1-14-6-4-9-19(15(14)2)22-21(23)20-10-16(13-26-20)12-25-18-8-5-7-17(11-18)24-3/h4-11,13H,12H2,1-3H3,(H,22,23). The molecule has 1 aromatic heterocycles. The van der Waals surface area contributed by atoms with Gasteiger partial charge in [-0.25, -0.2) is 0 Å². The van der Waals surface area contributed by atoms with Crippen LogP contribution in [0, 0.1) is 13.8 Å². The number of rotatable bonds is 6. The van der Waals surface area contributed by atoms with Gasteiger partial charge in [0.1, 0.15) is 18.1 Å². The van der Waals surface area contributed by atoms with Crippen LogP contribution in [0.2, 0.25) is 0 Å². The van der Waals surface area contributed by atoms with Crippen LogP contribution in [0.5, 0.6) is 11.5 Å². The first kappa shape index (κ1) is 18.0. The van der Waals surface area contributed by atoms with Gasteiger partial charge in [-0.2, -0.15) is 0 Å². The summed E-state index contributed by atoms with van der Waals surface area (Å²) in [6, 6.07) is 15.2. The van der Waals surface area contributed by atoms with Crippen molar-refractivity contribution in [2.24, 2.45) is 0 Å². The highest BCUT2D eigenvalue weighted by atomic mass is 32.1. The molecular formula is C21H21NO3S. The van der Waals surface area contributed by atoms with Gasteiger partial charge in [0.2, 0.25) is 0 Å². The zero-order chi connectivity index (χ0) is 18.5. The Morgan fingerprint density at radius 2 is 1.85 bits per heavy atom. The Kier molecular flexibility index (Phi) is 5.58. The lowest BCUT2D eigenvalue weighted by atomic mass is 10.1. The lowest BCUT2D eigenvalue weighted by Gasteiger charge is -2.09. The molecule has 4 nitrogen and oxygen atoms in total. The molecule has 0 saturated heterocycles. The third kappa shape index (κ3) is 4.24. The highest BCUT2D eigenvalue weighted by molar-refractivity contribution is 7.12. The van der Waals surface area contributed by atoms with Gasteiger partial charge >= 0.3 is 0 Å². The maximum absolute atomic E-state index is 12.5. The summed E-state index contributed by atoms with van der Waals surface area (Å²) in [4.78, 5) is 13.2. The Morgan fingerprint density at radius 1 is 1.08 bits per heavy atom. The smallest absolute Gasteiger partial charge is 0.265 e. The number of hydrogen-bond acceptors (Lipinski definition) is 4. The molecule has 0 saturated carbocycles. The number of anilines is 1. The van der Waals surface area contributed by atoms with E-state index in [1.165, 1.54) is 11.3 Å². The normalized spacial score (nSPS) is 10.4. The summed E-state index contributed by atoms with van der Waals surface area (Å²) in [6.07, 6.45) is 0. The Hall–Kier alpha value is -2.79. The Bertz CT molecular complexity index is 917. The van der Waals surface area contributed by atoms with E-state index in [1.54, 1.807) is 7.11 Å². The second kappa shape index (κ2) is 8.06. The minimum Gasteiger partial charge on any atom is -0.497 e. The van der Waals surface area contributed by atoms with E-state index in [1.807, 2.05) is 67.8 Å². The quantitative estimate of drug-likeness (QED) is 0.651. The Balaban J connectivity index is 1.63. The second-order valence-electron chi connectivity index (χ2n) is 5.99. The van der Waals surface area contributed by atoms with Crippen molar-refractivity contribution in [2.75, 3.05) is 12.4 Å². The van der Waals surface area contributed by atoms with Crippen LogP contribution in [-0.2, 0) is 6.61 Å². The molecule has 0 atom stereocenters. The molecule has 0 aliphatic heterocycles. The minimum absolute atomic E-state index is 0.101. The SMILES string of the molecule is COc1cccc(OCc2csc(C(=O)Nc3cccc(C)c3C)c2)c1. The zero-order valence-electron chi connectivity index (χ0n) is 15.0. The first-order valence-electron chi connectivity index (χ1n) is 8.28. The number of ether oxygens (including phenoxy) is 2. The van der Waals surface area contributed by atoms with E-state index in [4.69, 9.17) is 9.47 Å². The van der Waals surface area contributed by atoms with Crippen molar-refractivity contribution in [1.29, 1.82) is 0 Å². The Morgan fingerprint density at radius 3 is 2.65 bits per heavy atom. The number of hydrogen-bond donors (Lipinski definition) is 1. The van der Waals surface area contributed by atoms with E-state index in [9.17, 15) is 4.79 Å². The molecule has 0 unspecified atom stereocenters. The van der Waals surface area contributed by atoms with E-state index in [0.717, 1.165) is 33.9 Å². The summed E-state index contributed by atoms with van der Waals surface area (Å²) in [5.41, 5.74) is 4.04. The fourth-order valence-electron chi connectivity index (χ4n) is 2.50. The third-order valence-electron chi connectivity index (χ3n) is 4.18. The Labute approximate surface area is 157 Å². The largest absolute Gasteiger partial charge is 0.497 e. The van der Waals surface area contributed by atoms with E-state index in [-0.39, 0.29) is 5.91 Å². The number of carbonyl (C=O) groups excluding carboxylic acids is 1. The molecule has 0 aliphatic rings. The first-order valence-corrected chi connectivity index (χ1v) is 9.16. The van der Waals surface area contributed by atoms with Gasteiger partial charge in [-0.15, -0.1) is 11.3 Å². The molecule has 26 heavy (non-hydrogen) atoms. The first-order chi connectivity index (χ1) is 12.6. The number of carbonyl (C=O) groups is 1. The number of thiophene rings is 1. The van der Waals surface area contributed by atoms with Crippen molar-refractivity contribution in [1.82, 2.24) is 0 Å². The minimum atomic E-state index is -0.101. The molecule has 3 rings (SSSR count). The van der Waals surface area contributed by atoms with Gasteiger partial charge in [0.25, 0.3) is 5.91 Å². The van der Waals surface area contributed by atoms with Crippen LogP contribution in [0.3, 0.4) is 0 Å². The van der Waals surface area contributed by atoms with Crippen LogP contribution in [-0.4, -0.2) is 13.0 Å². The fraction of sp³-hybridized carbons (Fsp3) is 0.190. The van der Waals surface area contributed by atoms with Gasteiger partial charge in [-0.1, -0.05) is 18.2 Å². The second-order valence-corrected chi connectivity index (χ2v) is 6.90. The van der Waals surface area contributed by atoms with Gasteiger partial charge in [0, 0.05) is 17.3 Å². The summed E-state index contributed by atoms with van der Waals surface area (Å²) >= 11 is 1.41. The summed E-state index contributed by atoms with van der Waals surface area (Å²) in [7, 11) is 1.62. The van der Waals surface area contributed by atoms with E-state index in [0.29, 0.717) is 11.5 Å². The lowest BCUT2D eigenvalue weighted by Crippen LogP contribution is -2.11. The van der Waals surface area contributed by atoms with Crippen molar-refractivity contribution in [2.45, 2.75) is 20.5 Å². The monoisotopic (exact) mass is 367 g/mol. The van der Waals surface area contributed by atoms with Gasteiger partial charge in [0.15, 0.2) is 0 Å². The molecule has 1 heterocycles. The van der Waals surface area contributed by atoms with Crippen LogP contribution in [0.1, 0.15) is 26.4 Å². The predicted molar refractivity (Wildman–Crippen MR) is 106 cm³/mol. The van der Waals surface area contributed by atoms with Crippen molar-refractivity contribution >= 4 is 22.9 Å². The summed E-state index contributed by atoms with van der Waals surface area (Å²) in [6.45, 7) is 4.44. The average Bonchev–Trinajstić information content (AvgIpc) is 3.13. The summed E-state index contributed by atoms with van der Waals surface area (Å²) in [5.74, 6) is 1.38. The maximum atomic E-state index is 12.5. The average molecular weight is 367 g/mol. The third-order valence-corrected chi connectivity index (χ3v) is 5.15. The summed E-state index contributed by atoms with van der Waals surface area (Å²) < 4.78 is 11.0. The van der Waals surface area contributed by atoms with Crippen LogP contribution in [0.4, 0.5) is 5.69 Å². The van der Waals surface area contributed by atoms with Crippen molar-refractivity contribution in [3.63, 3.8) is 0 Å². The van der Waals surface area contributed by atoms with Gasteiger partial charge < -0.3 is 14.8 Å². The molecule has 2 aromatic carbocycles. The molecular weight excluding hydrogens is 346 g/mol. The molecule has 5 heteroatoms. The molecule has 0 spiro atoms. The van der Waals surface area contributed by atoms with E-state index < -0.39 is 0 Å². The van der Waals surface area contributed by atoms with Crippen LogP contribution in [0.15, 0.2) is 53.9 Å². The predicted octanol–water partition coefficient (Wildman–Crippen LogP) is 5.20. The summed E-state index contributed by atoms with van der Waals surface area (Å²) in [5, 5.41) is 4.93. The highest BCUT2D eigenvalue weighted by Crippen LogP contribution is 2.23. The highest BCUT2D eigenvalue weighted by Gasteiger charge is 2.11. The maximum Gasteiger partial charge on any atom is 0.265 e. The molecule has 0 fully saturated rings. The number of benzene rings is 2. The molecule has 1 N–H and O–H groups in total. The fourth-order valence-corrected chi connectivity index (χ4v) is 3.29. The molecule has 3 aromatic rings.